The van der Waals surface area contributed by atoms with Gasteiger partial charge in [0.25, 0.3) is 22.2 Å². The number of aromatic nitrogens is 8. The Balaban J connectivity index is 0.000000139. The third-order valence-corrected chi connectivity index (χ3v) is 15.6. The fourth-order valence-electron chi connectivity index (χ4n) is 8.55. The van der Waals surface area contributed by atoms with Crippen molar-refractivity contribution in [1.82, 2.24) is 36.5 Å². The number of anilines is 2. The van der Waals surface area contributed by atoms with E-state index in [2.05, 4.69) is 80.1 Å². The first-order valence-electron chi connectivity index (χ1n) is 25.2. The molecule has 0 aliphatic heterocycles. The van der Waals surface area contributed by atoms with Crippen LogP contribution in [0.4, 0.5) is 11.6 Å². The van der Waals surface area contributed by atoms with Gasteiger partial charge in [0.15, 0.2) is 0 Å². The molecule has 4 heterocycles. The van der Waals surface area contributed by atoms with Crippen LogP contribution >= 0.6 is 86.9 Å². The molecule has 4 fully saturated rings. The summed E-state index contributed by atoms with van der Waals surface area (Å²) in [5.41, 5.74) is 4.39. The molecular formula is C55H53Br4Cl2N11O8. The van der Waals surface area contributed by atoms with E-state index < -0.39 is 5.56 Å². The number of nitrogens with one attached hydrogen (secondary N) is 2. The van der Waals surface area contributed by atoms with Crippen LogP contribution in [0.2, 0.25) is 10.3 Å². The molecule has 4 aliphatic rings. The number of nitrogens with zero attached hydrogens (tertiary/aromatic N) is 8. The maximum absolute atomic E-state index is 12.6. The lowest BCUT2D eigenvalue weighted by Crippen LogP contribution is -2.39. The van der Waals surface area contributed by atoms with Crippen molar-refractivity contribution < 1.29 is 0 Å². The topological polar surface area (TPSA) is 226 Å². The lowest BCUT2D eigenvalue weighted by molar-refractivity contribution is 0.631. The van der Waals surface area contributed by atoms with E-state index in [9.17, 15) is 38.4 Å². The summed E-state index contributed by atoms with van der Waals surface area (Å²) in [5.74, 6) is 1.08. The molecule has 418 valence electrons. The molecule has 4 N–H and O–H groups in total. The zero-order valence-corrected chi connectivity index (χ0v) is 51.1. The maximum Gasteiger partial charge on any atom is 0.337 e. The zero-order chi connectivity index (χ0) is 57.7. The SMILES string of the molecule is CN.CNc1cc(=O)n(-c2ccc(Br)cc2)c(=O)n1C1CC1.CNc1cc(=O)n(C2CC2)c(=O)n1-c1ccc(Br)cc1.O=c1cc(Cl)n(-c2ccc(Br)cc2)c(=O)n1C1CC1.O=c1cc(Cl)n(C2CC2)c(=O)n1-c1ccc(Br)cc1. The van der Waals surface area contributed by atoms with Crippen molar-refractivity contribution in [3.8, 4) is 22.7 Å². The zero-order valence-electron chi connectivity index (χ0n) is 43.2. The lowest BCUT2D eigenvalue weighted by atomic mass is 10.3. The fraction of sp³-hybridized carbons (Fsp3) is 0.273. The predicted molar refractivity (Wildman–Crippen MR) is 328 cm³/mol. The van der Waals surface area contributed by atoms with E-state index in [-0.39, 0.29) is 73.9 Å². The van der Waals surface area contributed by atoms with Crippen LogP contribution in [0.5, 0.6) is 0 Å². The van der Waals surface area contributed by atoms with Gasteiger partial charge < -0.3 is 16.4 Å². The molecule has 0 radical (unpaired) electrons. The Kier molecular flexibility index (Phi) is 19.5. The molecule has 25 heteroatoms. The Morgan fingerprint density at radius 1 is 0.362 bits per heavy atom. The number of rotatable bonds is 10. The molecule has 12 rings (SSSR count). The Morgan fingerprint density at radius 3 is 1.02 bits per heavy atom. The number of halogens is 6. The summed E-state index contributed by atoms with van der Waals surface area (Å²) in [6.07, 6.45) is 7.35. The van der Waals surface area contributed by atoms with Gasteiger partial charge in [-0.3, -0.25) is 42.0 Å². The van der Waals surface area contributed by atoms with E-state index >= 15 is 0 Å². The molecule has 0 bridgehead atoms. The molecule has 4 saturated carbocycles. The van der Waals surface area contributed by atoms with E-state index in [1.807, 2.05) is 48.5 Å². The highest BCUT2D eigenvalue weighted by molar-refractivity contribution is 9.11. The molecule has 0 amide bonds. The highest BCUT2D eigenvalue weighted by atomic mass is 79.9. The summed E-state index contributed by atoms with van der Waals surface area (Å²) < 4.78 is 14.7. The molecule has 80 heavy (non-hydrogen) atoms. The van der Waals surface area contributed by atoms with Gasteiger partial charge in [-0.1, -0.05) is 86.9 Å². The van der Waals surface area contributed by atoms with Gasteiger partial charge in [0, 0.05) is 80.4 Å². The normalized spacial score (nSPS) is 14.2. The quantitative estimate of drug-likeness (QED) is 0.109. The van der Waals surface area contributed by atoms with Crippen LogP contribution in [0.15, 0.2) is 178 Å². The monoisotopic (exact) mass is 1380 g/mol. The minimum atomic E-state index is -0.408. The summed E-state index contributed by atoms with van der Waals surface area (Å²) >= 11 is 25.4. The first-order chi connectivity index (χ1) is 38.4. The molecule has 0 saturated heterocycles. The minimum absolute atomic E-state index is 0.0268. The Labute approximate surface area is 500 Å². The Hall–Kier alpha value is -6.34. The van der Waals surface area contributed by atoms with Crippen molar-refractivity contribution in [3.63, 3.8) is 0 Å². The molecular weight excluding hydrogens is 1330 g/mol. The average Bonchev–Trinajstić information content (AvgIpc) is 4.26. The molecule has 8 aromatic rings. The van der Waals surface area contributed by atoms with Gasteiger partial charge in [0.05, 0.1) is 22.7 Å². The van der Waals surface area contributed by atoms with Gasteiger partial charge >= 0.3 is 22.8 Å². The molecule has 0 spiro atoms. The average molecular weight is 1390 g/mol. The smallest absolute Gasteiger partial charge is 0.337 e. The first kappa shape index (κ1) is 59.8. The van der Waals surface area contributed by atoms with Gasteiger partial charge in [-0.05, 0) is 155 Å². The second kappa shape index (κ2) is 26.1. The fourth-order valence-corrected chi connectivity index (χ4v) is 10.2. The van der Waals surface area contributed by atoms with Crippen molar-refractivity contribution in [2.45, 2.75) is 75.5 Å². The van der Waals surface area contributed by atoms with Crippen molar-refractivity contribution in [1.29, 1.82) is 0 Å². The standard InChI is InChI=1S/2C14H14BrN3O2.2C13H10BrClN2O2.CH5N/c1-16-12-8-13(19)18(11-4-2-9(15)3-5-11)14(20)17(12)10-6-7-10;1-16-12-8-13(19)18(11-6-7-11)14(20)17(12)10-4-2-9(15)3-5-10;14-8-1-3-10(4-2-8)17-12(18)7-11(15)16(13(17)19)9-5-6-9;14-8-1-3-9(4-2-8)16-11(15)7-12(18)17(13(16)19)10-5-6-10;1-2/h2-5,8,10,16H,6-7H2,1H3;2-5,8,11,16H,6-7H2,1H3;1-4,7,9H,5-6H2;1-4,7,10H,5-6H2;2H2,1H3. The molecule has 4 aromatic heterocycles. The Morgan fingerprint density at radius 2 is 0.637 bits per heavy atom. The van der Waals surface area contributed by atoms with Gasteiger partial charge in [0.1, 0.15) is 21.9 Å². The summed E-state index contributed by atoms with van der Waals surface area (Å²) in [6, 6.07) is 34.7. The second-order valence-corrected chi connectivity index (χ2v) is 23.1. The van der Waals surface area contributed by atoms with Gasteiger partial charge in [-0.15, -0.1) is 0 Å². The van der Waals surface area contributed by atoms with Gasteiger partial charge in [-0.2, -0.15) is 0 Å². The van der Waals surface area contributed by atoms with Crippen LogP contribution < -0.4 is 61.4 Å². The molecule has 0 atom stereocenters. The molecule has 4 aromatic carbocycles. The minimum Gasteiger partial charge on any atom is -0.374 e. The van der Waals surface area contributed by atoms with Crippen LogP contribution in [0.1, 0.15) is 75.5 Å². The molecule has 0 unspecified atom stereocenters. The molecule has 19 nitrogen and oxygen atoms in total. The van der Waals surface area contributed by atoms with E-state index in [0.717, 1.165) is 79.5 Å². The second-order valence-electron chi connectivity index (χ2n) is 18.6. The number of hydrogen-bond donors (Lipinski definition) is 3. The summed E-state index contributed by atoms with van der Waals surface area (Å²) in [7, 11) is 4.92. The van der Waals surface area contributed by atoms with Gasteiger partial charge in [0.2, 0.25) is 0 Å². The number of nitrogens with two attached hydrogens (primary N) is 1. The van der Waals surface area contributed by atoms with E-state index in [0.29, 0.717) is 28.7 Å². The summed E-state index contributed by atoms with van der Waals surface area (Å²) in [6.45, 7) is 0. The van der Waals surface area contributed by atoms with Crippen LogP contribution in [-0.2, 0) is 0 Å². The summed E-state index contributed by atoms with van der Waals surface area (Å²) in [5, 5.41) is 6.19. The lowest BCUT2D eigenvalue weighted by Gasteiger charge is -2.14. The predicted octanol–water partition coefficient (Wildman–Crippen LogP) is 9.35. The van der Waals surface area contributed by atoms with Crippen LogP contribution in [0, 0.1) is 0 Å². The van der Waals surface area contributed by atoms with Crippen molar-refractivity contribution >= 4 is 98.6 Å². The van der Waals surface area contributed by atoms with Crippen LogP contribution in [0.3, 0.4) is 0 Å². The molecule has 4 aliphatic carbocycles. The van der Waals surface area contributed by atoms with E-state index in [4.69, 9.17) is 23.2 Å². The largest absolute Gasteiger partial charge is 0.374 e. The number of hydrogen-bond acceptors (Lipinski definition) is 11. The van der Waals surface area contributed by atoms with Crippen molar-refractivity contribution in [2.24, 2.45) is 5.73 Å². The highest BCUT2D eigenvalue weighted by Crippen LogP contribution is 2.37. The van der Waals surface area contributed by atoms with Crippen molar-refractivity contribution in [3.05, 3.63) is 233 Å². The first-order valence-corrected chi connectivity index (χ1v) is 29.1. The third-order valence-electron chi connectivity index (χ3n) is 13.0. The van der Waals surface area contributed by atoms with Crippen molar-refractivity contribution in [2.75, 3.05) is 31.8 Å². The third kappa shape index (κ3) is 13.7. The maximum atomic E-state index is 12.6. The highest BCUT2D eigenvalue weighted by Gasteiger charge is 2.31. The Bertz CT molecular complexity index is 4060. The number of benzene rings is 4. The van der Waals surface area contributed by atoms with Crippen LogP contribution in [0.25, 0.3) is 22.7 Å². The van der Waals surface area contributed by atoms with Crippen LogP contribution in [-0.4, -0.2) is 57.7 Å². The summed E-state index contributed by atoms with van der Waals surface area (Å²) in [4.78, 5) is 98.1. The van der Waals surface area contributed by atoms with E-state index in [1.165, 1.54) is 58.7 Å². The van der Waals surface area contributed by atoms with E-state index in [1.54, 1.807) is 67.2 Å². The van der Waals surface area contributed by atoms with Gasteiger partial charge in [-0.25, -0.2) is 32.9 Å².